The number of anilines is 2. The lowest BCUT2D eigenvalue weighted by Gasteiger charge is -2.11. The van der Waals surface area contributed by atoms with E-state index >= 15 is 0 Å². The van der Waals surface area contributed by atoms with E-state index in [2.05, 4.69) is 0 Å². The fourth-order valence-corrected chi connectivity index (χ4v) is 2.44. The number of nitrogen functional groups attached to an aromatic ring is 2. The van der Waals surface area contributed by atoms with Crippen LogP contribution in [-0.2, 0) is 0 Å². The van der Waals surface area contributed by atoms with Gasteiger partial charge in [-0.2, -0.15) is 0 Å². The summed E-state index contributed by atoms with van der Waals surface area (Å²) in [5.41, 5.74) is 11.4. The van der Waals surface area contributed by atoms with Crippen LogP contribution >= 0.6 is 0 Å². The van der Waals surface area contributed by atoms with Crippen molar-refractivity contribution in [3.8, 4) is 23.0 Å². The predicted octanol–water partition coefficient (Wildman–Crippen LogP) is 3.83. The molecule has 3 rings (SSSR count). The molecule has 0 amide bonds. The van der Waals surface area contributed by atoms with E-state index in [0.29, 0.717) is 23.0 Å². The third-order valence-electron chi connectivity index (χ3n) is 3.79. The number of rotatable bonds is 6. The zero-order valence-corrected chi connectivity index (χ0v) is 14.5. The minimum Gasteiger partial charge on any atom is -0.478 e. The van der Waals surface area contributed by atoms with Crippen LogP contribution in [0.2, 0.25) is 0 Å². The second kappa shape index (κ2) is 7.58. The van der Waals surface area contributed by atoms with Gasteiger partial charge in [0.15, 0.2) is 0 Å². The van der Waals surface area contributed by atoms with E-state index in [1.807, 2.05) is 0 Å². The van der Waals surface area contributed by atoms with E-state index in [0.717, 1.165) is 0 Å². The second-order valence-electron chi connectivity index (χ2n) is 5.79. The highest BCUT2D eigenvalue weighted by Gasteiger charge is 2.12. The van der Waals surface area contributed by atoms with E-state index in [1.54, 1.807) is 36.4 Å². The van der Waals surface area contributed by atoms with Crippen molar-refractivity contribution >= 4 is 23.3 Å². The van der Waals surface area contributed by atoms with Crippen molar-refractivity contribution in [1.29, 1.82) is 0 Å². The first-order chi connectivity index (χ1) is 13.3. The van der Waals surface area contributed by atoms with Gasteiger partial charge in [-0.15, -0.1) is 0 Å². The Hall–Kier alpha value is -4.20. The van der Waals surface area contributed by atoms with Crippen molar-refractivity contribution in [1.82, 2.24) is 0 Å². The molecule has 28 heavy (non-hydrogen) atoms. The minimum absolute atomic E-state index is 0.0621. The molecule has 0 saturated heterocycles. The predicted molar refractivity (Wildman–Crippen MR) is 102 cm³/mol. The van der Waals surface area contributed by atoms with Gasteiger partial charge in [0.05, 0.1) is 11.1 Å². The Balaban J connectivity index is 1.82. The summed E-state index contributed by atoms with van der Waals surface area (Å²) in [6.45, 7) is 0. The molecule has 8 nitrogen and oxygen atoms in total. The lowest BCUT2D eigenvalue weighted by atomic mass is 10.1. The second-order valence-corrected chi connectivity index (χ2v) is 5.79. The third kappa shape index (κ3) is 4.13. The van der Waals surface area contributed by atoms with Crippen molar-refractivity contribution in [2.45, 2.75) is 0 Å². The molecule has 142 valence electrons. The van der Waals surface area contributed by atoms with Gasteiger partial charge < -0.3 is 31.2 Å². The average molecular weight is 380 g/mol. The molecule has 3 aromatic rings. The number of carbonyl (C=O) groups is 2. The monoisotopic (exact) mass is 380 g/mol. The van der Waals surface area contributed by atoms with Gasteiger partial charge in [-0.25, -0.2) is 9.59 Å². The normalized spacial score (nSPS) is 10.3. The Morgan fingerprint density at radius 2 is 1.04 bits per heavy atom. The Kier molecular flexibility index (Phi) is 5.03. The maximum absolute atomic E-state index is 11.2. The smallest absolute Gasteiger partial charge is 0.337 e. The molecule has 0 heterocycles. The molecule has 6 N–H and O–H groups in total. The van der Waals surface area contributed by atoms with Crippen LogP contribution in [0.25, 0.3) is 0 Å². The van der Waals surface area contributed by atoms with Gasteiger partial charge in [-0.1, -0.05) is 6.07 Å². The summed E-state index contributed by atoms with van der Waals surface area (Å²) in [4.78, 5) is 22.4. The fourth-order valence-electron chi connectivity index (χ4n) is 2.44. The van der Waals surface area contributed by atoms with Crippen molar-refractivity contribution in [2.75, 3.05) is 11.5 Å². The lowest BCUT2D eigenvalue weighted by molar-refractivity contribution is 0.0687. The van der Waals surface area contributed by atoms with E-state index in [1.165, 1.54) is 24.3 Å². The van der Waals surface area contributed by atoms with E-state index in [4.69, 9.17) is 31.2 Å². The molecular weight excluding hydrogens is 364 g/mol. The van der Waals surface area contributed by atoms with Crippen molar-refractivity contribution in [3.05, 3.63) is 71.8 Å². The number of hydrogen-bond donors (Lipinski definition) is 4. The molecule has 8 heteroatoms. The fraction of sp³-hybridized carbons (Fsp3) is 0. The van der Waals surface area contributed by atoms with E-state index < -0.39 is 11.9 Å². The van der Waals surface area contributed by atoms with Gasteiger partial charge in [-0.3, -0.25) is 0 Å². The first kappa shape index (κ1) is 18.6. The topological polar surface area (TPSA) is 145 Å². The minimum atomic E-state index is -1.15. The van der Waals surface area contributed by atoms with Gasteiger partial charge in [0.1, 0.15) is 23.0 Å². The molecule has 0 radical (unpaired) electrons. The summed E-state index contributed by atoms with van der Waals surface area (Å²) >= 11 is 0. The molecule has 0 atom stereocenters. The van der Waals surface area contributed by atoms with Gasteiger partial charge in [0, 0.05) is 17.4 Å². The summed E-state index contributed by atoms with van der Waals surface area (Å²) in [6.07, 6.45) is 0. The summed E-state index contributed by atoms with van der Waals surface area (Å²) in [5.74, 6) is -0.927. The maximum atomic E-state index is 11.2. The van der Waals surface area contributed by atoms with Crippen LogP contribution in [0, 0.1) is 0 Å². The molecule has 0 spiro atoms. The molecule has 0 aliphatic carbocycles. The number of aromatic carboxylic acids is 2. The maximum Gasteiger partial charge on any atom is 0.337 e. The summed E-state index contributed by atoms with van der Waals surface area (Å²) in [7, 11) is 0. The van der Waals surface area contributed by atoms with E-state index in [9.17, 15) is 9.59 Å². The SMILES string of the molecule is Nc1ccc(Oc2cccc(Oc3ccc(N)c(C(=O)O)c3)c2)cc1C(=O)O. The number of carboxylic acids is 2. The first-order valence-corrected chi connectivity index (χ1v) is 8.05. The number of benzene rings is 3. The van der Waals surface area contributed by atoms with Crippen LogP contribution in [0.1, 0.15) is 20.7 Å². The quantitative estimate of drug-likeness (QED) is 0.472. The van der Waals surface area contributed by atoms with Crippen LogP contribution in [0.15, 0.2) is 60.7 Å². The van der Waals surface area contributed by atoms with Crippen LogP contribution in [-0.4, -0.2) is 22.2 Å². The molecule has 0 saturated carbocycles. The van der Waals surface area contributed by atoms with Crippen LogP contribution in [0.5, 0.6) is 23.0 Å². The molecule has 0 aliphatic rings. The Labute approximate surface area is 159 Å². The molecule has 0 bridgehead atoms. The Morgan fingerprint density at radius 1 is 0.643 bits per heavy atom. The molecule has 0 fully saturated rings. The highest BCUT2D eigenvalue weighted by Crippen LogP contribution is 2.30. The molecular formula is C20H16N2O6. The molecule has 3 aromatic carbocycles. The van der Waals surface area contributed by atoms with Gasteiger partial charge in [0.25, 0.3) is 0 Å². The molecule has 0 unspecified atom stereocenters. The number of nitrogens with two attached hydrogens (primary N) is 2. The first-order valence-electron chi connectivity index (χ1n) is 8.05. The van der Waals surface area contributed by atoms with Crippen molar-refractivity contribution in [3.63, 3.8) is 0 Å². The Morgan fingerprint density at radius 3 is 1.43 bits per heavy atom. The van der Waals surface area contributed by atoms with Gasteiger partial charge in [-0.05, 0) is 48.5 Å². The third-order valence-corrected chi connectivity index (χ3v) is 3.79. The average Bonchev–Trinajstić information content (AvgIpc) is 2.65. The lowest BCUT2D eigenvalue weighted by Crippen LogP contribution is -2.02. The standard InChI is InChI=1S/C20H16N2O6/c21-17-6-4-13(9-15(17)19(23)24)27-11-2-1-3-12(8-11)28-14-5-7-18(22)16(10-14)20(25)26/h1-10H,21-22H2,(H,23,24)(H,25,26). The molecule has 0 aromatic heterocycles. The highest BCUT2D eigenvalue weighted by molar-refractivity contribution is 5.94. The highest BCUT2D eigenvalue weighted by atomic mass is 16.5. The largest absolute Gasteiger partial charge is 0.478 e. The number of ether oxygens (including phenoxy) is 2. The summed E-state index contributed by atoms with van der Waals surface area (Å²) < 4.78 is 11.3. The number of carboxylic acid groups (broad SMARTS) is 2. The molecule has 0 aliphatic heterocycles. The summed E-state index contributed by atoms with van der Waals surface area (Å²) in [5, 5.41) is 18.3. The van der Waals surface area contributed by atoms with Crippen LogP contribution in [0.4, 0.5) is 11.4 Å². The van der Waals surface area contributed by atoms with Crippen molar-refractivity contribution < 1.29 is 29.3 Å². The van der Waals surface area contributed by atoms with Gasteiger partial charge >= 0.3 is 11.9 Å². The van der Waals surface area contributed by atoms with Crippen molar-refractivity contribution in [2.24, 2.45) is 0 Å². The van der Waals surface area contributed by atoms with Gasteiger partial charge in [0.2, 0.25) is 0 Å². The van der Waals surface area contributed by atoms with Crippen LogP contribution < -0.4 is 20.9 Å². The summed E-state index contributed by atoms with van der Waals surface area (Å²) in [6, 6.07) is 15.2. The Bertz CT molecular complexity index is 984. The van der Waals surface area contributed by atoms with Crippen LogP contribution in [0.3, 0.4) is 0 Å². The zero-order valence-electron chi connectivity index (χ0n) is 14.5. The van der Waals surface area contributed by atoms with E-state index in [-0.39, 0.29) is 22.5 Å². The number of hydrogen-bond acceptors (Lipinski definition) is 6. The zero-order chi connectivity index (χ0) is 20.3.